The molecule has 1 aliphatic heterocycles. The van der Waals surface area contributed by atoms with Crippen molar-refractivity contribution in [1.29, 1.82) is 0 Å². The van der Waals surface area contributed by atoms with Crippen molar-refractivity contribution in [2.24, 2.45) is 0 Å². The van der Waals surface area contributed by atoms with Crippen LogP contribution in [0.1, 0.15) is 22.3 Å². The molecule has 1 N–H and O–H groups in total. The fourth-order valence-corrected chi connectivity index (χ4v) is 4.69. The summed E-state index contributed by atoms with van der Waals surface area (Å²) in [6, 6.07) is 24.2. The van der Waals surface area contributed by atoms with Gasteiger partial charge in [-0.2, -0.15) is 0 Å². The molecule has 2 amide bonds. The highest BCUT2D eigenvalue weighted by Crippen LogP contribution is 2.41. The van der Waals surface area contributed by atoms with Gasteiger partial charge in [-0.15, -0.1) is 0 Å². The lowest BCUT2D eigenvalue weighted by Crippen LogP contribution is -2.34. The number of aryl methyl sites for hydroxylation is 2. The van der Waals surface area contributed by atoms with E-state index in [1.807, 2.05) is 61.5 Å². The number of carbonyl (C=O) groups excluding carboxylic acids is 2. The first-order valence-electron chi connectivity index (χ1n) is 10.7. The van der Waals surface area contributed by atoms with Crippen LogP contribution < -0.4 is 10.2 Å². The van der Waals surface area contributed by atoms with Crippen LogP contribution in [0.2, 0.25) is 0 Å². The Morgan fingerprint density at radius 3 is 2.50 bits per heavy atom. The molecule has 1 heterocycles. The van der Waals surface area contributed by atoms with Crippen molar-refractivity contribution < 1.29 is 9.59 Å². The Morgan fingerprint density at radius 2 is 1.72 bits per heavy atom. The maximum atomic E-state index is 13.3. The van der Waals surface area contributed by atoms with E-state index in [1.165, 1.54) is 34.5 Å². The van der Waals surface area contributed by atoms with E-state index in [-0.39, 0.29) is 11.8 Å². The number of carbonyl (C=O) groups is 2. The van der Waals surface area contributed by atoms with Crippen molar-refractivity contribution in [3.05, 3.63) is 106 Å². The molecule has 0 unspecified atom stereocenters. The van der Waals surface area contributed by atoms with Crippen LogP contribution in [0.4, 0.5) is 5.69 Å². The normalized spacial score (nSPS) is 14.4. The lowest BCUT2D eigenvalue weighted by Gasteiger charge is -2.30. The third-order valence-corrected chi connectivity index (χ3v) is 6.43. The van der Waals surface area contributed by atoms with Gasteiger partial charge in [-0.1, -0.05) is 83.6 Å². The first kappa shape index (κ1) is 21.9. The van der Waals surface area contributed by atoms with Crippen LogP contribution in [0.25, 0.3) is 0 Å². The van der Waals surface area contributed by atoms with Crippen LogP contribution in [0, 0.1) is 13.8 Å². The average molecular weight is 443 g/mol. The summed E-state index contributed by atoms with van der Waals surface area (Å²) in [6.45, 7) is 5.08. The topological polar surface area (TPSA) is 49.4 Å². The molecule has 0 aliphatic carbocycles. The Balaban J connectivity index is 1.48. The second-order valence-corrected chi connectivity index (χ2v) is 9.07. The molecule has 3 aromatic rings. The van der Waals surface area contributed by atoms with E-state index in [0.717, 1.165) is 22.6 Å². The molecule has 162 valence electrons. The SMILES string of the molecule is Cc1ccc(CN2C(=O)/C(=C/C(=O)NCCc3cccc(C)c3)Sc3ccccc32)cc1. The van der Waals surface area contributed by atoms with Crippen LogP contribution in [0.5, 0.6) is 0 Å². The molecule has 0 fully saturated rings. The van der Waals surface area contributed by atoms with Gasteiger partial charge in [0.2, 0.25) is 5.91 Å². The number of nitrogens with zero attached hydrogens (tertiary/aromatic N) is 1. The van der Waals surface area contributed by atoms with E-state index in [4.69, 9.17) is 0 Å². The predicted molar refractivity (Wildman–Crippen MR) is 131 cm³/mol. The van der Waals surface area contributed by atoms with E-state index in [9.17, 15) is 9.59 Å². The highest BCUT2D eigenvalue weighted by Gasteiger charge is 2.29. The van der Waals surface area contributed by atoms with Crippen LogP contribution >= 0.6 is 11.8 Å². The minimum absolute atomic E-state index is 0.150. The molecule has 0 atom stereocenters. The highest BCUT2D eigenvalue weighted by molar-refractivity contribution is 8.04. The van der Waals surface area contributed by atoms with Crippen molar-refractivity contribution in [2.45, 2.75) is 31.7 Å². The number of rotatable bonds is 6. The van der Waals surface area contributed by atoms with Crippen LogP contribution in [0.15, 0.2) is 88.7 Å². The molecule has 0 saturated heterocycles. The summed E-state index contributed by atoms with van der Waals surface area (Å²) in [5.41, 5.74) is 5.48. The molecule has 32 heavy (non-hydrogen) atoms. The molecule has 0 spiro atoms. The zero-order valence-corrected chi connectivity index (χ0v) is 19.1. The van der Waals surface area contributed by atoms with Gasteiger partial charge in [-0.3, -0.25) is 9.59 Å². The summed E-state index contributed by atoms with van der Waals surface area (Å²) in [4.78, 5) is 29.0. The van der Waals surface area contributed by atoms with Gasteiger partial charge in [0.05, 0.1) is 17.1 Å². The van der Waals surface area contributed by atoms with Crippen molar-refractivity contribution in [3.63, 3.8) is 0 Å². The number of anilines is 1. The fraction of sp³-hybridized carbons (Fsp3) is 0.185. The summed E-state index contributed by atoms with van der Waals surface area (Å²) in [5, 5.41) is 2.91. The average Bonchev–Trinajstić information content (AvgIpc) is 2.78. The van der Waals surface area contributed by atoms with E-state index >= 15 is 0 Å². The number of fused-ring (bicyclic) bond motifs is 1. The molecule has 0 radical (unpaired) electrons. The first-order valence-corrected chi connectivity index (χ1v) is 11.5. The van der Waals surface area contributed by atoms with Gasteiger partial charge in [0.1, 0.15) is 0 Å². The second kappa shape index (κ2) is 9.88. The third kappa shape index (κ3) is 5.29. The number of nitrogens with one attached hydrogen (secondary N) is 1. The number of amides is 2. The van der Waals surface area contributed by atoms with Crippen LogP contribution in [-0.2, 0) is 22.6 Å². The predicted octanol–water partition coefficient (Wildman–Crippen LogP) is 5.19. The monoisotopic (exact) mass is 442 g/mol. The van der Waals surface area contributed by atoms with E-state index in [1.54, 1.807) is 4.90 Å². The zero-order chi connectivity index (χ0) is 22.5. The Kier molecular flexibility index (Phi) is 6.76. The van der Waals surface area contributed by atoms with Crippen molar-refractivity contribution >= 4 is 29.3 Å². The number of hydrogen-bond donors (Lipinski definition) is 1. The quantitative estimate of drug-likeness (QED) is 0.535. The molecular formula is C27H26N2O2S. The summed E-state index contributed by atoms with van der Waals surface area (Å²) in [7, 11) is 0. The summed E-state index contributed by atoms with van der Waals surface area (Å²) in [5.74, 6) is -0.397. The summed E-state index contributed by atoms with van der Waals surface area (Å²) in [6.07, 6.45) is 2.18. The van der Waals surface area contributed by atoms with E-state index in [0.29, 0.717) is 18.0 Å². The Labute approximate surface area is 193 Å². The maximum absolute atomic E-state index is 13.3. The van der Waals surface area contributed by atoms with Gasteiger partial charge < -0.3 is 10.2 Å². The summed E-state index contributed by atoms with van der Waals surface area (Å²) >= 11 is 1.35. The van der Waals surface area contributed by atoms with Crippen molar-refractivity contribution in [2.75, 3.05) is 11.4 Å². The van der Waals surface area contributed by atoms with E-state index < -0.39 is 0 Å². The fourth-order valence-electron chi connectivity index (χ4n) is 3.66. The summed E-state index contributed by atoms with van der Waals surface area (Å²) < 4.78 is 0. The van der Waals surface area contributed by atoms with Crippen molar-refractivity contribution in [1.82, 2.24) is 5.32 Å². The van der Waals surface area contributed by atoms with Crippen molar-refractivity contribution in [3.8, 4) is 0 Å². The van der Waals surface area contributed by atoms with Gasteiger partial charge in [0.15, 0.2) is 0 Å². The Hall–Kier alpha value is -3.31. The number of para-hydroxylation sites is 1. The molecule has 1 aliphatic rings. The van der Waals surface area contributed by atoms with Gasteiger partial charge >= 0.3 is 0 Å². The standard InChI is InChI=1S/C27H26N2O2S/c1-19-10-12-22(13-11-19)18-29-23-8-3-4-9-24(23)32-25(27(29)31)17-26(30)28-15-14-21-7-5-6-20(2)16-21/h3-13,16-17H,14-15,18H2,1-2H3,(H,28,30)/b25-17-. The molecule has 0 saturated carbocycles. The Bertz CT molecular complexity index is 1170. The number of thioether (sulfide) groups is 1. The molecule has 3 aromatic carbocycles. The smallest absolute Gasteiger partial charge is 0.265 e. The molecular weight excluding hydrogens is 416 g/mol. The van der Waals surface area contributed by atoms with Gasteiger partial charge in [0.25, 0.3) is 5.91 Å². The van der Waals surface area contributed by atoms with Crippen LogP contribution in [0.3, 0.4) is 0 Å². The molecule has 0 bridgehead atoms. The lowest BCUT2D eigenvalue weighted by molar-refractivity contribution is -0.118. The Morgan fingerprint density at radius 1 is 0.938 bits per heavy atom. The maximum Gasteiger partial charge on any atom is 0.265 e. The lowest BCUT2D eigenvalue weighted by atomic mass is 10.1. The van der Waals surface area contributed by atoms with Crippen LogP contribution in [-0.4, -0.2) is 18.4 Å². The number of hydrogen-bond acceptors (Lipinski definition) is 3. The molecule has 4 rings (SSSR count). The minimum Gasteiger partial charge on any atom is -0.352 e. The second-order valence-electron chi connectivity index (χ2n) is 7.99. The van der Waals surface area contributed by atoms with E-state index in [2.05, 4.69) is 30.4 Å². The number of benzene rings is 3. The largest absolute Gasteiger partial charge is 0.352 e. The molecule has 4 nitrogen and oxygen atoms in total. The molecule has 0 aromatic heterocycles. The van der Waals surface area contributed by atoms with Gasteiger partial charge in [0, 0.05) is 17.5 Å². The first-order chi connectivity index (χ1) is 15.5. The van der Waals surface area contributed by atoms with Gasteiger partial charge in [-0.05, 0) is 43.5 Å². The minimum atomic E-state index is -0.247. The van der Waals surface area contributed by atoms with Gasteiger partial charge in [-0.25, -0.2) is 0 Å². The zero-order valence-electron chi connectivity index (χ0n) is 18.3. The highest BCUT2D eigenvalue weighted by atomic mass is 32.2. The molecule has 5 heteroatoms. The third-order valence-electron chi connectivity index (χ3n) is 5.35.